The Balaban J connectivity index is 2.54. The number of hydrogen-bond donors (Lipinski definition) is 1. The van der Waals surface area contributed by atoms with Crippen LogP contribution in [0.3, 0.4) is 0 Å². The third-order valence-electron chi connectivity index (χ3n) is 3.61. The molecule has 118 valence electrons. The van der Waals surface area contributed by atoms with Gasteiger partial charge >= 0.3 is 0 Å². The van der Waals surface area contributed by atoms with Crippen molar-refractivity contribution in [2.24, 2.45) is 0 Å². The molecule has 8 heteroatoms. The predicted molar refractivity (Wildman–Crippen MR) is 80.5 cm³/mol. The van der Waals surface area contributed by atoms with E-state index in [2.05, 4.69) is 5.32 Å². The van der Waals surface area contributed by atoms with Crippen LogP contribution in [0.2, 0.25) is 0 Å². The van der Waals surface area contributed by atoms with Crippen molar-refractivity contribution in [2.75, 3.05) is 25.9 Å². The van der Waals surface area contributed by atoms with Gasteiger partial charge in [-0.15, -0.1) is 0 Å². The fraction of sp³-hybridized carbons (Fsp3) is 0.538. The molecule has 1 fully saturated rings. The SMILES string of the molecule is Cc1ccc(S(C)(=O)=O)cc1S(=O)(=O)N1CCNC[C@@H]1C. The summed E-state index contributed by atoms with van der Waals surface area (Å²) in [5.74, 6) is 0. The van der Waals surface area contributed by atoms with Crippen molar-refractivity contribution in [3.63, 3.8) is 0 Å². The molecule has 1 atom stereocenters. The number of nitrogens with one attached hydrogen (secondary N) is 1. The number of piperazine rings is 1. The topological polar surface area (TPSA) is 83.5 Å². The summed E-state index contributed by atoms with van der Waals surface area (Å²) in [5, 5.41) is 3.14. The van der Waals surface area contributed by atoms with Gasteiger partial charge in [-0.1, -0.05) is 6.07 Å². The summed E-state index contributed by atoms with van der Waals surface area (Å²) in [6, 6.07) is 4.07. The maximum Gasteiger partial charge on any atom is 0.243 e. The molecule has 0 amide bonds. The van der Waals surface area contributed by atoms with Crippen molar-refractivity contribution in [3.8, 4) is 0 Å². The highest BCUT2D eigenvalue weighted by Gasteiger charge is 2.32. The zero-order valence-corrected chi connectivity index (χ0v) is 14.0. The first-order chi connectivity index (χ1) is 9.64. The molecule has 1 aromatic carbocycles. The maximum absolute atomic E-state index is 12.8. The average Bonchev–Trinajstić information content (AvgIpc) is 2.37. The molecule has 6 nitrogen and oxygen atoms in total. The van der Waals surface area contributed by atoms with Gasteiger partial charge in [0.15, 0.2) is 9.84 Å². The molecule has 2 rings (SSSR count). The van der Waals surface area contributed by atoms with Crippen LogP contribution in [0.25, 0.3) is 0 Å². The number of aryl methyl sites for hydroxylation is 1. The van der Waals surface area contributed by atoms with Crippen LogP contribution in [-0.2, 0) is 19.9 Å². The zero-order valence-electron chi connectivity index (χ0n) is 12.3. The largest absolute Gasteiger partial charge is 0.314 e. The number of rotatable bonds is 3. The molecule has 0 bridgehead atoms. The number of benzene rings is 1. The Morgan fingerprint density at radius 3 is 2.48 bits per heavy atom. The van der Waals surface area contributed by atoms with E-state index >= 15 is 0 Å². The van der Waals surface area contributed by atoms with E-state index in [-0.39, 0.29) is 15.8 Å². The number of sulfone groups is 1. The minimum Gasteiger partial charge on any atom is -0.314 e. The van der Waals surface area contributed by atoms with Crippen LogP contribution in [0.15, 0.2) is 28.0 Å². The second-order valence-electron chi connectivity index (χ2n) is 5.37. The molecule has 21 heavy (non-hydrogen) atoms. The van der Waals surface area contributed by atoms with Crippen LogP contribution < -0.4 is 5.32 Å². The Morgan fingerprint density at radius 2 is 1.90 bits per heavy atom. The van der Waals surface area contributed by atoms with E-state index in [9.17, 15) is 16.8 Å². The second kappa shape index (κ2) is 5.68. The Morgan fingerprint density at radius 1 is 1.24 bits per heavy atom. The van der Waals surface area contributed by atoms with E-state index in [4.69, 9.17) is 0 Å². The normalized spacial score (nSPS) is 21.4. The second-order valence-corrected chi connectivity index (χ2v) is 9.24. The van der Waals surface area contributed by atoms with Gasteiger partial charge in [0.25, 0.3) is 0 Å². The summed E-state index contributed by atoms with van der Waals surface area (Å²) in [6.07, 6.45) is 1.07. The van der Waals surface area contributed by atoms with Crippen molar-refractivity contribution in [1.82, 2.24) is 9.62 Å². The van der Waals surface area contributed by atoms with Gasteiger partial charge in [0.05, 0.1) is 9.79 Å². The van der Waals surface area contributed by atoms with Crippen molar-refractivity contribution < 1.29 is 16.8 Å². The molecule has 1 saturated heterocycles. The molecular formula is C13H20N2O4S2. The third-order valence-corrected chi connectivity index (χ3v) is 6.88. The standard InChI is InChI=1S/C13H20N2O4S2/c1-10-4-5-12(20(3,16)17)8-13(10)21(18,19)15-7-6-14-9-11(15)2/h4-5,8,11,14H,6-7,9H2,1-3H3/t11-/m0/s1. The first kappa shape index (κ1) is 16.4. The number of hydrogen-bond acceptors (Lipinski definition) is 5. The Kier molecular flexibility index (Phi) is 4.44. The van der Waals surface area contributed by atoms with E-state index < -0.39 is 19.9 Å². The van der Waals surface area contributed by atoms with Crippen molar-refractivity contribution in [1.29, 1.82) is 0 Å². The van der Waals surface area contributed by atoms with Gasteiger partial charge in [0.1, 0.15) is 0 Å². The quantitative estimate of drug-likeness (QED) is 0.865. The smallest absolute Gasteiger partial charge is 0.243 e. The van der Waals surface area contributed by atoms with Gasteiger partial charge in [-0.3, -0.25) is 0 Å². The van der Waals surface area contributed by atoms with Gasteiger partial charge in [0.2, 0.25) is 10.0 Å². The Hall–Kier alpha value is -0.960. The summed E-state index contributed by atoms with van der Waals surface area (Å²) in [6.45, 7) is 5.07. The molecule has 0 radical (unpaired) electrons. The fourth-order valence-corrected chi connectivity index (χ4v) is 5.00. The highest BCUT2D eigenvalue weighted by molar-refractivity contribution is 7.91. The fourth-order valence-electron chi connectivity index (χ4n) is 2.39. The number of nitrogens with zero attached hydrogens (tertiary/aromatic N) is 1. The van der Waals surface area contributed by atoms with Gasteiger partial charge in [-0.05, 0) is 31.5 Å². The van der Waals surface area contributed by atoms with Crippen molar-refractivity contribution in [2.45, 2.75) is 29.7 Å². The van der Waals surface area contributed by atoms with Crippen molar-refractivity contribution >= 4 is 19.9 Å². The van der Waals surface area contributed by atoms with Gasteiger partial charge in [-0.2, -0.15) is 4.31 Å². The third kappa shape index (κ3) is 3.28. The molecule has 1 aromatic rings. The Bertz CT molecular complexity index is 741. The first-order valence-electron chi connectivity index (χ1n) is 6.67. The average molecular weight is 332 g/mol. The molecule has 0 unspecified atom stereocenters. The van der Waals surface area contributed by atoms with Crippen LogP contribution in [0.4, 0.5) is 0 Å². The molecular weight excluding hydrogens is 312 g/mol. The van der Waals surface area contributed by atoms with Crippen LogP contribution in [0.1, 0.15) is 12.5 Å². The molecule has 1 heterocycles. The van der Waals surface area contributed by atoms with Gasteiger partial charge < -0.3 is 5.32 Å². The number of sulfonamides is 1. The molecule has 0 aliphatic carbocycles. The van der Waals surface area contributed by atoms with E-state index in [0.29, 0.717) is 25.2 Å². The summed E-state index contributed by atoms with van der Waals surface area (Å²) < 4.78 is 50.3. The van der Waals surface area contributed by atoms with Crippen LogP contribution >= 0.6 is 0 Å². The summed E-state index contributed by atoms with van der Waals surface area (Å²) in [7, 11) is -7.14. The Labute approximate surface area is 126 Å². The molecule has 0 aromatic heterocycles. The molecule has 1 aliphatic heterocycles. The summed E-state index contributed by atoms with van der Waals surface area (Å²) in [5.41, 5.74) is 0.549. The molecule has 1 N–H and O–H groups in total. The van der Waals surface area contributed by atoms with Crippen LogP contribution in [0.5, 0.6) is 0 Å². The molecule has 0 spiro atoms. The van der Waals surface area contributed by atoms with Crippen LogP contribution in [0, 0.1) is 6.92 Å². The van der Waals surface area contributed by atoms with E-state index in [1.807, 2.05) is 6.92 Å². The minimum absolute atomic E-state index is 0.0227. The van der Waals surface area contributed by atoms with Gasteiger partial charge in [-0.25, -0.2) is 16.8 Å². The first-order valence-corrected chi connectivity index (χ1v) is 10.0. The van der Waals surface area contributed by atoms with E-state index in [1.54, 1.807) is 6.92 Å². The van der Waals surface area contributed by atoms with E-state index in [0.717, 1.165) is 6.26 Å². The monoisotopic (exact) mass is 332 g/mol. The highest BCUT2D eigenvalue weighted by atomic mass is 32.2. The lowest BCUT2D eigenvalue weighted by Crippen LogP contribution is -2.52. The summed E-state index contributed by atoms with van der Waals surface area (Å²) in [4.78, 5) is 0.0913. The molecule has 0 saturated carbocycles. The molecule has 1 aliphatic rings. The maximum atomic E-state index is 12.8. The predicted octanol–water partition coefficient (Wildman–Crippen LogP) is 0.381. The zero-order chi connectivity index (χ0) is 15.8. The van der Waals surface area contributed by atoms with Crippen molar-refractivity contribution in [3.05, 3.63) is 23.8 Å². The lowest BCUT2D eigenvalue weighted by atomic mass is 10.2. The van der Waals surface area contributed by atoms with Crippen LogP contribution in [-0.4, -0.2) is 53.1 Å². The lowest BCUT2D eigenvalue weighted by Gasteiger charge is -2.33. The van der Waals surface area contributed by atoms with Gasteiger partial charge in [0, 0.05) is 31.9 Å². The highest BCUT2D eigenvalue weighted by Crippen LogP contribution is 2.25. The summed E-state index contributed by atoms with van der Waals surface area (Å²) >= 11 is 0. The van der Waals surface area contributed by atoms with E-state index in [1.165, 1.54) is 22.5 Å². The minimum atomic E-state index is -3.70. The lowest BCUT2D eigenvalue weighted by molar-refractivity contribution is 0.283.